The minimum atomic E-state index is -0.348. The van der Waals surface area contributed by atoms with Gasteiger partial charge in [0.1, 0.15) is 11.6 Å². The van der Waals surface area contributed by atoms with Gasteiger partial charge in [0.15, 0.2) is 0 Å². The van der Waals surface area contributed by atoms with Gasteiger partial charge in [-0.1, -0.05) is 36.4 Å². The first kappa shape index (κ1) is 20.2. The van der Waals surface area contributed by atoms with E-state index in [1.807, 2.05) is 12.1 Å². The molecule has 0 bridgehead atoms. The second-order valence-corrected chi connectivity index (χ2v) is 6.81. The molecular formula is C24H20F2N2O. The molecule has 0 radical (unpaired) electrons. The van der Waals surface area contributed by atoms with Gasteiger partial charge in [0.05, 0.1) is 11.6 Å². The van der Waals surface area contributed by atoms with Gasteiger partial charge in [-0.25, -0.2) is 8.78 Å². The SMILES string of the molecule is N#Cc1ccc(CN(Cc2cccc(F)c2)C(=O)CCc2ccc(F)cc2)cc1. The summed E-state index contributed by atoms with van der Waals surface area (Å²) in [5, 5.41) is 8.94. The Kier molecular flexibility index (Phi) is 6.70. The highest BCUT2D eigenvalue weighted by Crippen LogP contribution is 2.15. The Morgan fingerprint density at radius 3 is 2.14 bits per heavy atom. The highest BCUT2D eigenvalue weighted by Gasteiger charge is 2.15. The number of nitriles is 1. The summed E-state index contributed by atoms with van der Waals surface area (Å²) in [6.45, 7) is 0.629. The van der Waals surface area contributed by atoms with E-state index in [0.29, 0.717) is 24.1 Å². The van der Waals surface area contributed by atoms with Crippen LogP contribution in [0.2, 0.25) is 0 Å². The van der Waals surface area contributed by atoms with Crippen LogP contribution in [0.1, 0.15) is 28.7 Å². The van der Waals surface area contributed by atoms with Crippen LogP contribution in [0.5, 0.6) is 0 Å². The quantitative estimate of drug-likeness (QED) is 0.570. The molecule has 3 rings (SSSR count). The van der Waals surface area contributed by atoms with E-state index in [2.05, 4.69) is 6.07 Å². The standard InChI is InChI=1S/C24H20F2N2O/c25-22-11-8-18(9-12-22)10-13-24(29)28(17-21-2-1-3-23(26)14-21)16-20-6-4-19(15-27)5-7-20/h1-9,11-12,14H,10,13,16-17H2. The summed E-state index contributed by atoms with van der Waals surface area (Å²) >= 11 is 0. The molecule has 0 aliphatic carbocycles. The molecule has 0 N–H and O–H groups in total. The highest BCUT2D eigenvalue weighted by atomic mass is 19.1. The Labute approximate surface area is 168 Å². The van der Waals surface area contributed by atoms with Gasteiger partial charge in [-0.15, -0.1) is 0 Å². The van der Waals surface area contributed by atoms with Crippen molar-refractivity contribution < 1.29 is 13.6 Å². The molecule has 0 heterocycles. The third kappa shape index (κ3) is 5.98. The van der Waals surface area contributed by atoms with Crippen molar-refractivity contribution in [3.8, 4) is 6.07 Å². The third-order valence-corrected chi connectivity index (χ3v) is 4.61. The Morgan fingerprint density at radius 1 is 0.828 bits per heavy atom. The van der Waals surface area contributed by atoms with Crippen LogP contribution in [0.4, 0.5) is 8.78 Å². The predicted molar refractivity (Wildman–Crippen MR) is 107 cm³/mol. The van der Waals surface area contributed by atoms with Crippen LogP contribution in [0.3, 0.4) is 0 Å². The molecule has 0 fully saturated rings. The van der Waals surface area contributed by atoms with Gasteiger partial charge >= 0.3 is 0 Å². The van der Waals surface area contributed by atoms with Gasteiger partial charge in [-0.3, -0.25) is 4.79 Å². The zero-order valence-corrected chi connectivity index (χ0v) is 15.8. The van der Waals surface area contributed by atoms with E-state index in [4.69, 9.17) is 5.26 Å². The molecule has 3 aromatic rings. The summed E-state index contributed by atoms with van der Waals surface area (Å²) < 4.78 is 26.6. The van der Waals surface area contributed by atoms with E-state index in [-0.39, 0.29) is 30.5 Å². The van der Waals surface area contributed by atoms with Crippen molar-refractivity contribution >= 4 is 5.91 Å². The Morgan fingerprint density at radius 2 is 1.48 bits per heavy atom. The lowest BCUT2D eigenvalue weighted by molar-refractivity contribution is -0.132. The zero-order valence-electron chi connectivity index (χ0n) is 15.8. The zero-order chi connectivity index (χ0) is 20.6. The number of amides is 1. The first-order valence-electron chi connectivity index (χ1n) is 9.29. The summed E-state index contributed by atoms with van der Waals surface area (Å²) in [4.78, 5) is 14.6. The second-order valence-electron chi connectivity index (χ2n) is 6.81. The second kappa shape index (κ2) is 9.61. The molecule has 5 heteroatoms. The first-order chi connectivity index (χ1) is 14.0. The number of hydrogen-bond donors (Lipinski definition) is 0. The van der Waals surface area contributed by atoms with E-state index in [1.165, 1.54) is 24.3 Å². The average molecular weight is 390 g/mol. The van der Waals surface area contributed by atoms with E-state index < -0.39 is 0 Å². The summed E-state index contributed by atoms with van der Waals surface area (Å²) in [7, 11) is 0. The third-order valence-electron chi connectivity index (χ3n) is 4.61. The molecule has 0 atom stereocenters. The largest absolute Gasteiger partial charge is 0.334 e. The molecule has 0 aliphatic rings. The molecule has 0 aromatic heterocycles. The lowest BCUT2D eigenvalue weighted by Crippen LogP contribution is -2.30. The van der Waals surface area contributed by atoms with Gasteiger partial charge in [0.25, 0.3) is 0 Å². The van der Waals surface area contributed by atoms with Gasteiger partial charge in [-0.05, 0) is 59.5 Å². The molecule has 0 saturated heterocycles. The van der Waals surface area contributed by atoms with Crippen molar-refractivity contribution in [2.24, 2.45) is 0 Å². The van der Waals surface area contributed by atoms with Crippen molar-refractivity contribution in [1.82, 2.24) is 4.90 Å². The van der Waals surface area contributed by atoms with E-state index in [1.54, 1.807) is 41.3 Å². The molecule has 0 saturated carbocycles. The predicted octanol–water partition coefficient (Wildman–Crippen LogP) is 5.00. The van der Waals surface area contributed by atoms with Gasteiger partial charge in [0.2, 0.25) is 5.91 Å². The fourth-order valence-electron chi connectivity index (χ4n) is 3.05. The van der Waals surface area contributed by atoms with Crippen LogP contribution >= 0.6 is 0 Å². The summed E-state index contributed by atoms with van der Waals surface area (Å²) in [5.74, 6) is -0.740. The number of halogens is 2. The number of carbonyl (C=O) groups excluding carboxylic acids is 1. The number of benzene rings is 3. The fourth-order valence-corrected chi connectivity index (χ4v) is 3.05. The normalized spacial score (nSPS) is 10.4. The van der Waals surface area contributed by atoms with Gasteiger partial charge in [-0.2, -0.15) is 5.26 Å². The van der Waals surface area contributed by atoms with Crippen LogP contribution in [-0.4, -0.2) is 10.8 Å². The molecule has 3 nitrogen and oxygen atoms in total. The molecule has 1 amide bonds. The number of rotatable bonds is 7. The van der Waals surface area contributed by atoms with Crippen molar-refractivity contribution in [3.05, 3.63) is 107 Å². The maximum atomic E-state index is 13.6. The topological polar surface area (TPSA) is 44.1 Å². The van der Waals surface area contributed by atoms with Gasteiger partial charge < -0.3 is 4.90 Å². The number of aryl methyl sites for hydroxylation is 1. The van der Waals surface area contributed by atoms with Crippen molar-refractivity contribution in [3.63, 3.8) is 0 Å². The van der Waals surface area contributed by atoms with Crippen LogP contribution in [0.25, 0.3) is 0 Å². The van der Waals surface area contributed by atoms with Crippen molar-refractivity contribution in [2.45, 2.75) is 25.9 Å². The smallest absolute Gasteiger partial charge is 0.223 e. The van der Waals surface area contributed by atoms with E-state index in [9.17, 15) is 13.6 Å². The minimum absolute atomic E-state index is 0.0806. The number of carbonyl (C=O) groups is 1. The van der Waals surface area contributed by atoms with Gasteiger partial charge in [0, 0.05) is 19.5 Å². The summed E-state index contributed by atoms with van der Waals surface area (Å²) in [6.07, 6.45) is 0.753. The summed E-state index contributed by atoms with van der Waals surface area (Å²) in [5.41, 5.74) is 3.02. The highest BCUT2D eigenvalue weighted by molar-refractivity contribution is 5.76. The summed E-state index contributed by atoms with van der Waals surface area (Å²) in [6, 6.07) is 21.4. The minimum Gasteiger partial charge on any atom is -0.334 e. The van der Waals surface area contributed by atoms with Crippen LogP contribution in [-0.2, 0) is 24.3 Å². The molecule has 0 spiro atoms. The van der Waals surface area contributed by atoms with E-state index in [0.717, 1.165) is 11.1 Å². The van der Waals surface area contributed by atoms with Crippen molar-refractivity contribution in [2.75, 3.05) is 0 Å². The monoisotopic (exact) mass is 390 g/mol. The number of nitrogens with zero attached hydrogens (tertiary/aromatic N) is 2. The average Bonchev–Trinajstić information content (AvgIpc) is 2.73. The fraction of sp³-hybridized carbons (Fsp3) is 0.167. The lowest BCUT2D eigenvalue weighted by atomic mass is 10.1. The number of hydrogen-bond acceptors (Lipinski definition) is 2. The molecular weight excluding hydrogens is 370 g/mol. The maximum absolute atomic E-state index is 13.6. The molecule has 0 unspecified atom stereocenters. The van der Waals surface area contributed by atoms with E-state index >= 15 is 0 Å². The Hall–Kier alpha value is -3.52. The van der Waals surface area contributed by atoms with Crippen LogP contribution in [0, 0.1) is 23.0 Å². The lowest BCUT2D eigenvalue weighted by Gasteiger charge is -2.23. The maximum Gasteiger partial charge on any atom is 0.223 e. The van der Waals surface area contributed by atoms with Crippen molar-refractivity contribution in [1.29, 1.82) is 5.26 Å². The Bertz CT molecular complexity index is 1010. The molecule has 3 aromatic carbocycles. The van der Waals surface area contributed by atoms with Crippen LogP contribution in [0.15, 0.2) is 72.8 Å². The van der Waals surface area contributed by atoms with Crippen LogP contribution < -0.4 is 0 Å². The molecule has 29 heavy (non-hydrogen) atoms. The first-order valence-corrected chi connectivity index (χ1v) is 9.29. The molecule has 146 valence electrons. The molecule has 0 aliphatic heterocycles. The Balaban J connectivity index is 1.73.